The van der Waals surface area contributed by atoms with Gasteiger partial charge in [0, 0.05) is 6.54 Å². The van der Waals surface area contributed by atoms with Crippen LogP contribution in [0.25, 0.3) is 11.5 Å². The summed E-state index contributed by atoms with van der Waals surface area (Å²) in [6, 6.07) is 5.10. The molecular weight excluding hydrogens is 195 g/mol. The Kier molecular flexibility index (Phi) is 2.51. The summed E-state index contributed by atoms with van der Waals surface area (Å²) in [5.41, 5.74) is 6.95. The fourth-order valence-corrected chi connectivity index (χ4v) is 1.34. The first-order valence-corrected chi connectivity index (χ1v) is 4.62. The first-order valence-electron chi connectivity index (χ1n) is 4.62. The van der Waals surface area contributed by atoms with E-state index in [1.807, 2.05) is 0 Å². The lowest BCUT2D eigenvalue weighted by Crippen LogP contribution is -1.96. The number of aryl methyl sites for hydroxylation is 1. The number of oxazole rings is 1. The van der Waals surface area contributed by atoms with Crippen LogP contribution in [0.5, 0.6) is 0 Å². The van der Waals surface area contributed by atoms with Crippen LogP contribution in [-0.2, 0) is 6.54 Å². The van der Waals surface area contributed by atoms with Crippen molar-refractivity contribution in [3.05, 3.63) is 41.5 Å². The van der Waals surface area contributed by atoms with Crippen molar-refractivity contribution >= 4 is 0 Å². The van der Waals surface area contributed by atoms with Crippen molar-refractivity contribution < 1.29 is 8.81 Å². The van der Waals surface area contributed by atoms with E-state index in [1.54, 1.807) is 25.1 Å². The maximum absolute atomic E-state index is 13.7. The van der Waals surface area contributed by atoms with E-state index in [2.05, 4.69) is 4.98 Å². The van der Waals surface area contributed by atoms with E-state index < -0.39 is 0 Å². The number of rotatable bonds is 2. The van der Waals surface area contributed by atoms with Crippen LogP contribution in [0.1, 0.15) is 11.3 Å². The van der Waals surface area contributed by atoms with E-state index in [9.17, 15) is 4.39 Å². The van der Waals surface area contributed by atoms with Crippen LogP contribution in [0.15, 0.2) is 28.9 Å². The van der Waals surface area contributed by atoms with Gasteiger partial charge in [-0.05, 0) is 18.6 Å². The molecule has 0 radical (unpaired) electrons. The molecule has 1 aromatic carbocycles. The van der Waals surface area contributed by atoms with E-state index >= 15 is 0 Å². The highest BCUT2D eigenvalue weighted by Crippen LogP contribution is 2.23. The fraction of sp³-hybridized carbons (Fsp3) is 0.182. The standard InChI is InChI=1S/C11H11FN2O/c1-7-3-2-4-9(10(7)12)11-14-8(5-13)6-15-11/h2-4,6H,5,13H2,1H3. The molecule has 78 valence electrons. The molecule has 4 heteroatoms. The Morgan fingerprint density at radius 3 is 2.93 bits per heavy atom. The lowest BCUT2D eigenvalue weighted by Gasteiger charge is -2.00. The Morgan fingerprint density at radius 2 is 2.27 bits per heavy atom. The van der Waals surface area contributed by atoms with Crippen molar-refractivity contribution in [1.29, 1.82) is 0 Å². The first kappa shape index (κ1) is 9.86. The van der Waals surface area contributed by atoms with Gasteiger partial charge in [-0.3, -0.25) is 0 Å². The number of aromatic nitrogens is 1. The second-order valence-corrected chi connectivity index (χ2v) is 3.28. The highest BCUT2D eigenvalue weighted by molar-refractivity contribution is 5.55. The molecule has 0 bridgehead atoms. The Morgan fingerprint density at radius 1 is 1.47 bits per heavy atom. The molecule has 2 aromatic rings. The molecular formula is C11H11FN2O. The molecule has 2 rings (SSSR count). The van der Waals surface area contributed by atoms with E-state index in [1.165, 1.54) is 6.26 Å². The summed E-state index contributed by atoms with van der Waals surface area (Å²) in [5, 5.41) is 0. The maximum atomic E-state index is 13.7. The van der Waals surface area contributed by atoms with Gasteiger partial charge in [-0.15, -0.1) is 0 Å². The molecule has 0 unspecified atom stereocenters. The first-order chi connectivity index (χ1) is 7.22. The van der Waals surface area contributed by atoms with Gasteiger partial charge in [0.05, 0.1) is 11.3 Å². The summed E-state index contributed by atoms with van der Waals surface area (Å²) >= 11 is 0. The summed E-state index contributed by atoms with van der Waals surface area (Å²) < 4.78 is 18.8. The van der Waals surface area contributed by atoms with Crippen LogP contribution < -0.4 is 5.73 Å². The van der Waals surface area contributed by atoms with Crippen molar-refractivity contribution in [2.24, 2.45) is 5.73 Å². The average Bonchev–Trinajstić information content (AvgIpc) is 2.70. The average molecular weight is 206 g/mol. The largest absolute Gasteiger partial charge is 0.444 e. The van der Waals surface area contributed by atoms with Gasteiger partial charge >= 0.3 is 0 Å². The van der Waals surface area contributed by atoms with Gasteiger partial charge in [-0.1, -0.05) is 12.1 Å². The molecule has 0 saturated heterocycles. The zero-order valence-corrected chi connectivity index (χ0v) is 8.33. The molecule has 0 aliphatic carbocycles. The van der Waals surface area contributed by atoms with Gasteiger partial charge in [0.15, 0.2) is 0 Å². The normalized spacial score (nSPS) is 10.6. The van der Waals surface area contributed by atoms with Crippen molar-refractivity contribution in [2.45, 2.75) is 13.5 Å². The highest BCUT2D eigenvalue weighted by Gasteiger charge is 2.12. The molecule has 0 amide bonds. The Hall–Kier alpha value is -1.68. The predicted molar refractivity (Wildman–Crippen MR) is 54.5 cm³/mol. The van der Waals surface area contributed by atoms with E-state index in [0.717, 1.165) is 0 Å². The smallest absolute Gasteiger partial charge is 0.229 e. The summed E-state index contributed by atoms with van der Waals surface area (Å²) in [5.74, 6) is -0.0282. The second-order valence-electron chi connectivity index (χ2n) is 3.28. The zero-order chi connectivity index (χ0) is 10.8. The molecule has 0 spiro atoms. The Bertz CT molecular complexity index is 479. The number of nitrogens with two attached hydrogens (primary N) is 1. The van der Waals surface area contributed by atoms with Crippen LogP contribution in [0.2, 0.25) is 0 Å². The van der Waals surface area contributed by atoms with Gasteiger partial charge in [0.25, 0.3) is 0 Å². The summed E-state index contributed by atoms with van der Waals surface area (Å²) in [6.45, 7) is 1.99. The number of hydrogen-bond donors (Lipinski definition) is 1. The maximum Gasteiger partial charge on any atom is 0.229 e. The number of halogens is 1. The highest BCUT2D eigenvalue weighted by atomic mass is 19.1. The van der Waals surface area contributed by atoms with Crippen LogP contribution in [-0.4, -0.2) is 4.98 Å². The third-order valence-electron chi connectivity index (χ3n) is 2.18. The molecule has 3 nitrogen and oxygen atoms in total. The molecule has 0 atom stereocenters. The molecule has 1 aromatic heterocycles. The molecule has 15 heavy (non-hydrogen) atoms. The molecule has 1 heterocycles. The third-order valence-corrected chi connectivity index (χ3v) is 2.18. The van der Waals surface area contributed by atoms with E-state index in [4.69, 9.17) is 10.2 Å². The van der Waals surface area contributed by atoms with Crippen molar-refractivity contribution in [1.82, 2.24) is 4.98 Å². The van der Waals surface area contributed by atoms with Crippen LogP contribution >= 0.6 is 0 Å². The quantitative estimate of drug-likeness (QED) is 0.819. The molecule has 2 N–H and O–H groups in total. The van der Waals surface area contributed by atoms with Gasteiger partial charge in [0.1, 0.15) is 12.1 Å². The molecule has 0 fully saturated rings. The Balaban J connectivity index is 2.49. The molecule has 0 aliphatic heterocycles. The summed E-state index contributed by atoms with van der Waals surface area (Å²) in [6.07, 6.45) is 1.44. The molecule has 0 saturated carbocycles. The van der Waals surface area contributed by atoms with Crippen LogP contribution in [0.4, 0.5) is 4.39 Å². The second kappa shape index (κ2) is 3.82. The van der Waals surface area contributed by atoms with E-state index in [-0.39, 0.29) is 18.3 Å². The van der Waals surface area contributed by atoms with Crippen molar-refractivity contribution in [3.63, 3.8) is 0 Å². The van der Waals surface area contributed by atoms with Gasteiger partial charge in [-0.25, -0.2) is 9.37 Å². The number of nitrogens with zero attached hydrogens (tertiary/aromatic N) is 1. The van der Waals surface area contributed by atoms with Gasteiger partial charge in [-0.2, -0.15) is 0 Å². The minimum Gasteiger partial charge on any atom is -0.444 e. The summed E-state index contributed by atoms with van der Waals surface area (Å²) in [4.78, 5) is 4.07. The molecule has 0 aliphatic rings. The van der Waals surface area contributed by atoms with E-state index in [0.29, 0.717) is 16.8 Å². The van der Waals surface area contributed by atoms with Crippen molar-refractivity contribution in [3.8, 4) is 11.5 Å². The summed E-state index contributed by atoms with van der Waals surface area (Å²) in [7, 11) is 0. The van der Waals surface area contributed by atoms with Crippen LogP contribution in [0, 0.1) is 12.7 Å². The topological polar surface area (TPSA) is 52.0 Å². The lowest BCUT2D eigenvalue weighted by molar-refractivity contribution is 0.559. The predicted octanol–water partition coefficient (Wildman–Crippen LogP) is 2.25. The SMILES string of the molecule is Cc1cccc(-c2nc(CN)co2)c1F. The number of hydrogen-bond acceptors (Lipinski definition) is 3. The Labute approximate surface area is 86.7 Å². The van der Waals surface area contributed by atoms with Crippen molar-refractivity contribution in [2.75, 3.05) is 0 Å². The minimum absolute atomic E-state index is 0.275. The monoisotopic (exact) mass is 206 g/mol. The third kappa shape index (κ3) is 1.76. The van der Waals surface area contributed by atoms with Gasteiger partial charge < -0.3 is 10.2 Å². The van der Waals surface area contributed by atoms with Gasteiger partial charge in [0.2, 0.25) is 5.89 Å². The number of benzene rings is 1. The lowest BCUT2D eigenvalue weighted by atomic mass is 10.1. The minimum atomic E-state index is -0.303. The fourth-order valence-electron chi connectivity index (χ4n) is 1.34. The zero-order valence-electron chi connectivity index (χ0n) is 8.33. The van der Waals surface area contributed by atoms with Crippen LogP contribution in [0.3, 0.4) is 0 Å².